The van der Waals surface area contributed by atoms with Gasteiger partial charge in [-0.15, -0.1) is 11.3 Å². The topological polar surface area (TPSA) is 79.8 Å². The van der Waals surface area contributed by atoms with Crippen molar-refractivity contribution in [2.75, 3.05) is 6.54 Å². The van der Waals surface area contributed by atoms with Gasteiger partial charge in [-0.05, 0) is 44.5 Å². The molecule has 0 fully saturated rings. The molecule has 8 heteroatoms. The molecule has 0 bridgehead atoms. The molecule has 2 N–H and O–H groups in total. The third-order valence-corrected chi connectivity index (χ3v) is 6.46. The second-order valence-electron chi connectivity index (χ2n) is 5.64. The van der Waals surface area contributed by atoms with Crippen molar-refractivity contribution >= 4 is 21.4 Å². The molecule has 0 aliphatic heterocycles. The first-order chi connectivity index (χ1) is 11.5. The Bertz CT molecular complexity index is 908. The number of hydrogen-bond acceptors (Lipinski definition) is 4. The average Bonchev–Trinajstić information content (AvgIpc) is 3.24. The van der Waals surface area contributed by atoms with E-state index in [2.05, 4.69) is 14.9 Å². The zero-order chi connectivity index (χ0) is 17.2. The Labute approximate surface area is 145 Å². The average molecular weight is 364 g/mol. The molecule has 0 unspecified atom stereocenters. The molecular formula is C16H20N4O2S2. The van der Waals surface area contributed by atoms with Gasteiger partial charge in [0, 0.05) is 36.1 Å². The fraction of sp³-hybridized carbons (Fsp3) is 0.312. The van der Waals surface area contributed by atoms with Crippen LogP contribution in [-0.2, 0) is 16.6 Å². The van der Waals surface area contributed by atoms with Crippen molar-refractivity contribution in [1.29, 1.82) is 0 Å². The van der Waals surface area contributed by atoms with E-state index in [9.17, 15) is 8.42 Å². The number of nitrogens with zero attached hydrogens (tertiary/aromatic N) is 2. The summed E-state index contributed by atoms with van der Waals surface area (Å²) in [5.41, 5.74) is 1.72. The molecule has 0 saturated carbocycles. The van der Waals surface area contributed by atoms with E-state index in [0.717, 1.165) is 34.1 Å². The van der Waals surface area contributed by atoms with Crippen LogP contribution in [0.2, 0.25) is 0 Å². The first-order valence-corrected chi connectivity index (χ1v) is 9.99. The van der Waals surface area contributed by atoms with Gasteiger partial charge in [0.15, 0.2) is 0 Å². The number of aromatic amines is 1. The van der Waals surface area contributed by atoms with Gasteiger partial charge in [0.1, 0.15) is 5.69 Å². The summed E-state index contributed by atoms with van der Waals surface area (Å²) in [6, 6.07) is 7.52. The highest BCUT2D eigenvalue weighted by Gasteiger charge is 2.20. The van der Waals surface area contributed by atoms with Crippen molar-refractivity contribution in [2.45, 2.75) is 31.7 Å². The van der Waals surface area contributed by atoms with Gasteiger partial charge >= 0.3 is 0 Å². The Kier molecular flexibility index (Phi) is 4.88. The van der Waals surface area contributed by atoms with Crippen molar-refractivity contribution in [3.63, 3.8) is 0 Å². The van der Waals surface area contributed by atoms with E-state index in [-0.39, 0.29) is 0 Å². The lowest BCUT2D eigenvalue weighted by Crippen LogP contribution is -2.25. The quantitative estimate of drug-likeness (QED) is 0.633. The predicted octanol–water partition coefficient (Wildman–Crippen LogP) is 2.93. The summed E-state index contributed by atoms with van der Waals surface area (Å²) >= 11 is 1.44. The number of hydrogen-bond donors (Lipinski definition) is 2. The molecule has 0 amide bonds. The standard InChI is InChI=1S/C16H20N4O2S2/c1-12-10-14(19-18-12)15-11-16(13(2)23-15)24(21,22)17-6-5-9-20-7-3-4-8-20/h3-4,7-8,10-11,17H,5-6,9H2,1-2H3,(H,18,19). The smallest absolute Gasteiger partial charge is 0.241 e. The first-order valence-electron chi connectivity index (χ1n) is 7.69. The minimum atomic E-state index is -3.50. The molecule has 0 aliphatic carbocycles. The Balaban J connectivity index is 1.67. The summed E-state index contributed by atoms with van der Waals surface area (Å²) in [5, 5.41) is 7.07. The van der Waals surface area contributed by atoms with Crippen molar-refractivity contribution in [2.24, 2.45) is 0 Å². The van der Waals surface area contributed by atoms with Crippen LogP contribution in [0.1, 0.15) is 17.0 Å². The molecule has 0 saturated heterocycles. The van der Waals surface area contributed by atoms with Crippen LogP contribution in [0.15, 0.2) is 41.6 Å². The molecule has 0 spiro atoms. The second-order valence-corrected chi connectivity index (χ2v) is 8.63. The maximum atomic E-state index is 12.5. The fourth-order valence-electron chi connectivity index (χ4n) is 2.47. The van der Waals surface area contributed by atoms with Gasteiger partial charge in [-0.3, -0.25) is 5.10 Å². The summed E-state index contributed by atoms with van der Waals surface area (Å²) in [5.74, 6) is 0. The van der Waals surface area contributed by atoms with Gasteiger partial charge in [-0.25, -0.2) is 13.1 Å². The molecule has 128 valence electrons. The normalized spacial score (nSPS) is 11.9. The van der Waals surface area contributed by atoms with Gasteiger partial charge in [0.05, 0.1) is 9.77 Å². The summed E-state index contributed by atoms with van der Waals surface area (Å²) in [7, 11) is -3.50. The Morgan fingerprint density at radius 3 is 2.67 bits per heavy atom. The van der Waals surface area contributed by atoms with Crippen LogP contribution in [0, 0.1) is 13.8 Å². The number of rotatable bonds is 7. The number of sulfonamides is 1. The van der Waals surface area contributed by atoms with Gasteiger partial charge < -0.3 is 4.57 Å². The third-order valence-electron chi connectivity index (χ3n) is 3.67. The maximum Gasteiger partial charge on any atom is 0.241 e. The maximum absolute atomic E-state index is 12.5. The summed E-state index contributed by atoms with van der Waals surface area (Å²) < 4.78 is 29.8. The number of aryl methyl sites for hydroxylation is 3. The van der Waals surface area contributed by atoms with Gasteiger partial charge in [0.25, 0.3) is 0 Å². The van der Waals surface area contributed by atoms with Crippen LogP contribution in [0.3, 0.4) is 0 Å². The Morgan fingerprint density at radius 1 is 1.25 bits per heavy atom. The molecular weight excluding hydrogens is 344 g/mol. The van der Waals surface area contributed by atoms with E-state index in [1.165, 1.54) is 11.3 Å². The van der Waals surface area contributed by atoms with Crippen molar-refractivity contribution < 1.29 is 8.42 Å². The van der Waals surface area contributed by atoms with Crippen LogP contribution in [-0.4, -0.2) is 29.7 Å². The Morgan fingerprint density at radius 2 is 2.00 bits per heavy atom. The van der Waals surface area contributed by atoms with Crippen LogP contribution < -0.4 is 4.72 Å². The number of thiophene rings is 1. The van der Waals surface area contributed by atoms with E-state index in [0.29, 0.717) is 11.4 Å². The van der Waals surface area contributed by atoms with Gasteiger partial charge in [-0.1, -0.05) is 0 Å². The zero-order valence-corrected chi connectivity index (χ0v) is 15.2. The second kappa shape index (κ2) is 6.92. The zero-order valence-electron chi connectivity index (χ0n) is 13.6. The van der Waals surface area contributed by atoms with E-state index in [1.807, 2.05) is 49.0 Å². The van der Waals surface area contributed by atoms with Crippen LogP contribution >= 0.6 is 11.3 Å². The Hall–Kier alpha value is -1.90. The molecule has 3 aromatic rings. The van der Waals surface area contributed by atoms with E-state index >= 15 is 0 Å². The molecule has 6 nitrogen and oxygen atoms in total. The lowest BCUT2D eigenvalue weighted by atomic mass is 10.3. The molecule has 0 atom stereocenters. The molecule has 0 radical (unpaired) electrons. The lowest BCUT2D eigenvalue weighted by Gasteiger charge is -2.06. The van der Waals surface area contributed by atoms with Gasteiger partial charge in [0.2, 0.25) is 10.0 Å². The minimum absolute atomic E-state index is 0.337. The lowest BCUT2D eigenvalue weighted by molar-refractivity contribution is 0.570. The number of aromatic nitrogens is 3. The molecule has 3 heterocycles. The molecule has 0 aromatic carbocycles. The summed E-state index contributed by atoms with van der Waals surface area (Å²) in [6.45, 7) is 4.94. The predicted molar refractivity (Wildman–Crippen MR) is 95.6 cm³/mol. The molecule has 0 aliphatic rings. The van der Waals surface area contributed by atoms with Crippen LogP contribution in [0.4, 0.5) is 0 Å². The van der Waals surface area contributed by atoms with Gasteiger partial charge in [-0.2, -0.15) is 5.10 Å². The fourth-order valence-corrected chi connectivity index (χ4v) is 5.09. The van der Waals surface area contributed by atoms with Crippen molar-refractivity contribution in [3.05, 3.63) is 47.2 Å². The monoisotopic (exact) mass is 364 g/mol. The number of nitrogens with one attached hydrogen (secondary N) is 2. The van der Waals surface area contributed by atoms with Crippen molar-refractivity contribution in [3.8, 4) is 10.6 Å². The third kappa shape index (κ3) is 3.77. The summed E-state index contributed by atoms with van der Waals surface area (Å²) in [4.78, 5) is 1.96. The van der Waals surface area contributed by atoms with E-state index in [4.69, 9.17) is 0 Å². The SMILES string of the molecule is Cc1cc(-c2cc(S(=O)(=O)NCCCn3cccc3)c(C)s2)n[nH]1. The molecule has 3 aromatic heterocycles. The van der Waals surface area contributed by atoms with Crippen LogP contribution in [0.5, 0.6) is 0 Å². The van der Waals surface area contributed by atoms with E-state index in [1.54, 1.807) is 6.07 Å². The number of H-pyrrole nitrogens is 1. The minimum Gasteiger partial charge on any atom is -0.354 e. The molecule has 24 heavy (non-hydrogen) atoms. The van der Waals surface area contributed by atoms with E-state index < -0.39 is 10.0 Å². The largest absolute Gasteiger partial charge is 0.354 e. The molecule has 3 rings (SSSR count). The van der Waals surface area contributed by atoms with Crippen LogP contribution in [0.25, 0.3) is 10.6 Å². The first kappa shape index (κ1) is 16.9. The highest BCUT2D eigenvalue weighted by molar-refractivity contribution is 7.89. The highest BCUT2D eigenvalue weighted by atomic mass is 32.2. The highest BCUT2D eigenvalue weighted by Crippen LogP contribution is 2.32. The van der Waals surface area contributed by atoms with Crippen molar-refractivity contribution in [1.82, 2.24) is 19.5 Å². The summed E-state index contributed by atoms with van der Waals surface area (Å²) in [6.07, 6.45) is 4.67.